The van der Waals surface area contributed by atoms with Crippen LogP contribution in [0.5, 0.6) is 23.0 Å². The molecule has 4 aromatic rings. The van der Waals surface area contributed by atoms with Gasteiger partial charge in [-0.1, -0.05) is 41.4 Å². The molecule has 7 heteroatoms. The first-order valence-corrected chi connectivity index (χ1v) is 11.8. The highest BCUT2D eigenvalue weighted by Crippen LogP contribution is 2.33. The maximum absolute atomic E-state index is 13.2. The number of hydrogen-bond donors (Lipinski definition) is 1. The first-order chi connectivity index (χ1) is 17.0. The zero-order chi connectivity index (χ0) is 24.6. The summed E-state index contributed by atoms with van der Waals surface area (Å²) in [6, 6.07) is 26.7. The number of benzene rings is 4. The summed E-state index contributed by atoms with van der Waals surface area (Å²) in [4.78, 5) is 13.2. The van der Waals surface area contributed by atoms with Crippen molar-refractivity contribution in [3.8, 4) is 23.0 Å². The van der Waals surface area contributed by atoms with Gasteiger partial charge in [0.25, 0.3) is 5.91 Å². The summed E-state index contributed by atoms with van der Waals surface area (Å²) in [5, 5.41) is 4.01. The zero-order valence-electron chi connectivity index (χ0n) is 19.0. The van der Waals surface area contributed by atoms with Crippen molar-refractivity contribution in [2.75, 3.05) is 11.9 Å². The van der Waals surface area contributed by atoms with Gasteiger partial charge in [-0.05, 0) is 79.7 Å². The quantitative estimate of drug-likeness (QED) is 0.249. The molecule has 1 N–H and O–H groups in total. The Labute approximate surface area is 214 Å². The van der Waals surface area contributed by atoms with Gasteiger partial charge in [-0.3, -0.25) is 4.79 Å². The molecule has 0 spiro atoms. The van der Waals surface area contributed by atoms with Gasteiger partial charge < -0.3 is 19.5 Å². The molecule has 35 heavy (non-hydrogen) atoms. The number of carbonyl (C=O) groups is 1. The molecule has 0 radical (unpaired) electrons. The molecule has 0 fully saturated rings. The van der Waals surface area contributed by atoms with Crippen molar-refractivity contribution >= 4 is 34.8 Å². The molecule has 0 bridgehead atoms. The minimum atomic E-state index is -0.319. The molecular weight excluding hydrogens is 485 g/mol. The van der Waals surface area contributed by atoms with E-state index >= 15 is 0 Å². The van der Waals surface area contributed by atoms with Crippen molar-refractivity contribution in [1.29, 1.82) is 0 Å². The van der Waals surface area contributed by atoms with Crippen LogP contribution in [0.4, 0.5) is 5.69 Å². The second-order valence-electron chi connectivity index (χ2n) is 7.51. The molecular formula is C28H23Cl2NO4. The Kier molecular flexibility index (Phi) is 8.14. The second kappa shape index (κ2) is 11.6. The Morgan fingerprint density at radius 2 is 1.49 bits per heavy atom. The third-order valence-corrected chi connectivity index (χ3v) is 5.48. The summed E-state index contributed by atoms with van der Waals surface area (Å²) in [6.45, 7) is 2.61. The predicted molar refractivity (Wildman–Crippen MR) is 139 cm³/mol. The first kappa shape index (κ1) is 24.5. The topological polar surface area (TPSA) is 56.8 Å². The van der Waals surface area contributed by atoms with E-state index in [9.17, 15) is 4.79 Å². The van der Waals surface area contributed by atoms with Crippen LogP contribution in [-0.4, -0.2) is 12.5 Å². The molecule has 0 saturated carbocycles. The fourth-order valence-corrected chi connectivity index (χ4v) is 3.62. The highest BCUT2D eigenvalue weighted by atomic mass is 35.5. The van der Waals surface area contributed by atoms with E-state index in [2.05, 4.69) is 5.32 Å². The largest absolute Gasteiger partial charge is 0.493 e. The Morgan fingerprint density at radius 1 is 0.771 bits per heavy atom. The van der Waals surface area contributed by atoms with E-state index in [1.54, 1.807) is 60.7 Å². The summed E-state index contributed by atoms with van der Waals surface area (Å²) in [6.07, 6.45) is 0. The van der Waals surface area contributed by atoms with Gasteiger partial charge in [0.05, 0.1) is 12.3 Å². The Hall–Kier alpha value is -3.67. The molecule has 0 aromatic heterocycles. The molecule has 5 nitrogen and oxygen atoms in total. The molecule has 0 aliphatic rings. The van der Waals surface area contributed by atoms with Crippen molar-refractivity contribution in [2.45, 2.75) is 13.5 Å². The van der Waals surface area contributed by atoms with Crippen LogP contribution in [0.25, 0.3) is 0 Å². The van der Waals surface area contributed by atoms with Crippen molar-refractivity contribution in [2.24, 2.45) is 0 Å². The van der Waals surface area contributed by atoms with Gasteiger partial charge >= 0.3 is 0 Å². The lowest BCUT2D eigenvalue weighted by molar-refractivity contribution is 0.102. The lowest BCUT2D eigenvalue weighted by Gasteiger charge is -2.15. The van der Waals surface area contributed by atoms with Crippen molar-refractivity contribution in [3.63, 3.8) is 0 Å². The van der Waals surface area contributed by atoms with Crippen LogP contribution in [0.2, 0.25) is 10.0 Å². The molecule has 4 rings (SSSR count). The van der Waals surface area contributed by atoms with Gasteiger partial charge in [-0.15, -0.1) is 0 Å². The Bertz CT molecular complexity index is 1290. The lowest BCUT2D eigenvalue weighted by Crippen LogP contribution is -2.13. The monoisotopic (exact) mass is 507 g/mol. The molecule has 0 saturated heterocycles. The summed E-state index contributed by atoms with van der Waals surface area (Å²) in [7, 11) is 0. The predicted octanol–water partition coefficient (Wildman–Crippen LogP) is 8.02. The van der Waals surface area contributed by atoms with E-state index in [0.29, 0.717) is 50.9 Å². The van der Waals surface area contributed by atoms with Gasteiger partial charge in [0, 0.05) is 21.2 Å². The molecule has 0 atom stereocenters. The number of amides is 1. The van der Waals surface area contributed by atoms with Crippen LogP contribution in [-0.2, 0) is 6.61 Å². The molecule has 0 unspecified atom stereocenters. The van der Waals surface area contributed by atoms with Crippen LogP contribution in [0.1, 0.15) is 22.8 Å². The summed E-state index contributed by atoms with van der Waals surface area (Å²) >= 11 is 12.1. The molecule has 178 valence electrons. The third-order valence-electron chi connectivity index (χ3n) is 4.99. The van der Waals surface area contributed by atoms with Gasteiger partial charge in [-0.25, -0.2) is 0 Å². The Balaban J connectivity index is 1.54. The molecule has 0 aliphatic carbocycles. The maximum atomic E-state index is 13.2. The van der Waals surface area contributed by atoms with E-state index in [1.807, 2.05) is 37.3 Å². The summed E-state index contributed by atoms with van der Waals surface area (Å²) in [5.41, 5.74) is 1.63. The SMILES string of the molecule is CCOc1ccc(C(=O)Nc2cc(Cl)ccc2Oc2ccccc2)cc1COc1ccc(Cl)cc1. The van der Waals surface area contributed by atoms with Crippen molar-refractivity contribution in [1.82, 2.24) is 0 Å². The summed E-state index contributed by atoms with van der Waals surface area (Å²) < 4.78 is 17.6. The highest BCUT2D eigenvalue weighted by Gasteiger charge is 2.15. The number of halogens is 2. The van der Waals surface area contributed by atoms with E-state index in [0.717, 1.165) is 5.56 Å². The fourth-order valence-electron chi connectivity index (χ4n) is 3.32. The number of rotatable bonds is 9. The molecule has 1 amide bonds. The average molecular weight is 508 g/mol. The summed E-state index contributed by atoms with van der Waals surface area (Å²) in [5.74, 6) is 2.11. The van der Waals surface area contributed by atoms with E-state index in [1.165, 1.54) is 0 Å². The smallest absolute Gasteiger partial charge is 0.255 e. The molecule has 4 aromatic carbocycles. The van der Waals surface area contributed by atoms with E-state index < -0.39 is 0 Å². The minimum Gasteiger partial charge on any atom is -0.493 e. The number of para-hydroxylation sites is 1. The molecule has 0 aliphatic heterocycles. The van der Waals surface area contributed by atoms with Crippen LogP contribution < -0.4 is 19.5 Å². The fraction of sp³-hybridized carbons (Fsp3) is 0.107. The Morgan fingerprint density at radius 3 is 2.23 bits per heavy atom. The van der Waals surface area contributed by atoms with Gasteiger partial charge in [0.2, 0.25) is 0 Å². The highest BCUT2D eigenvalue weighted by molar-refractivity contribution is 6.31. The van der Waals surface area contributed by atoms with E-state index in [4.69, 9.17) is 37.4 Å². The number of anilines is 1. The normalized spacial score (nSPS) is 10.5. The van der Waals surface area contributed by atoms with Gasteiger partial charge in [0.1, 0.15) is 23.9 Å². The maximum Gasteiger partial charge on any atom is 0.255 e. The van der Waals surface area contributed by atoms with Crippen LogP contribution in [0.3, 0.4) is 0 Å². The number of nitrogens with one attached hydrogen (secondary N) is 1. The van der Waals surface area contributed by atoms with Crippen molar-refractivity contribution < 1.29 is 19.0 Å². The standard InChI is InChI=1S/C28H23Cl2NO4/c1-2-33-26-14-8-19(16-20(26)18-34-23-12-9-21(29)10-13-23)28(32)31-25-17-22(30)11-15-27(25)35-24-6-4-3-5-7-24/h3-17H,2,18H2,1H3,(H,31,32). The zero-order valence-corrected chi connectivity index (χ0v) is 20.5. The number of hydrogen-bond acceptors (Lipinski definition) is 4. The lowest BCUT2D eigenvalue weighted by atomic mass is 10.1. The second-order valence-corrected chi connectivity index (χ2v) is 8.38. The number of carbonyl (C=O) groups excluding carboxylic acids is 1. The minimum absolute atomic E-state index is 0.220. The third kappa shape index (κ3) is 6.69. The molecule has 0 heterocycles. The van der Waals surface area contributed by atoms with Gasteiger partial charge in [-0.2, -0.15) is 0 Å². The van der Waals surface area contributed by atoms with E-state index in [-0.39, 0.29) is 12.5 Å². The number of ether oxygens (including phenoxy) is 3. The van der Waals surface area contributed by atoms with Gasteiger partial charge in [0.15, 0.2) is 5.75 Å². The van der Waals surface area contributed by atoms with Crippen LogP contribution in [0.15, 0.2) is 91.0 Å². The van der Waals surface area contributed by atoms with Crippen LogP contribution >= 0.6 is 23.2 Å². The van der Waals surface area contributed by atoms with Crippen molar-refractivity contribution in [3.05, 3.63) is 112 Å². The van der Waals surface area contributed by atoms with Crippen LogP contribution in [0, 0.1) is 0 Å². The average Bonchev–Trinajstić information content (AvgIpc) is 2.87. The first-order valence-electron chi connectivity index (χ1n) is 11.0.